The summed E-state index contributed by atoms with van der Waals surface area (Å²) in [4.78, 5) is 2.69. The molecule has 5 nitrogen and oxygen atoms in total. The van der Waals surface area contributed by atoms with E-state index < -0.39 is 0 Å². The Morgan fingerprint density at radius 2 is 1.85 bits per heavy atom. The molecule has 76 valence electrons. The van der Waals surface area contributed by atoms with Crippen LogP contribution in [-0.2, 0) is 9.47 Å². The van der Waals surface area contributed by atoms with Crippen LogP contribution in [0, 0.1) is 5.92 Å². The van der Waals surface area contributed by atoms with Gasteiger partial charge in [-0.15, -0.1) is 0 Å². The van der Waals surface area contributed by atoms with Crippen LogP contribution in [0.3, 0.4) is 0 Å². The highest BCUT2D eigenvalue weighted by Crippen LogP contribution is 2.09. The van der Waals surface area contributed by atoms with Gasteiger partial charge in [0.15, 0.2) is 6.29 Å². The molecule has 0 saturated heterocycles. The van der Waals surface area contributed by atoms with Crippen LogP contribution in [0.1, 0.15) is 20.8 Å². The summed E-state index contributed by atoms with van der Waals surface area (Å²) in [5.41, 5.74) is 8.13. The summed E-state index contributed by atoms with van der Waals surface area (Å²) in [5.74, 6) is 0.0933. The maximum atomic E-state index is 8.13. The Balaban J connectivity index is 3.92. The van der Waals surface area contributed by atoms with Crippen LogP contribution in [0.5, 0.6) is 0 Å². The number of hydrogen-bond donors (Lipinski definition) is 0. The fourth-order valence-electron chi connectivity index (χ4n) is 0.957. The van der Waals surface area contributed by atoms with Crippen molar-refractivity contribution in [3.05, 3.63) is 10.4 Å². The SMILES string of the molecule is CCOC(OCC)C(C)CN=[N+]=[N-]. The monoisotopic (exact) mass is 187 g/mol. The van der Waals surface area contributed by atoms with Crippen molar-refractivity contribution in [1.29, 1.82) is 0 Å². The highest BCUT2D eigenvalue weighted by Gasteiger charge is 2.16. The molecule has 0 aromatic rings. The molecule has 0 saturated carbocycles. The van der Waals surface area contributed by atoms with Crippen molar-refractivity contribution in [3.8, 4) is 0 Å². The van der Waals surface area contributed by atoms with Gasteiger partial charge in [0, 0.05) is 30.6 Å². The quantitative estimate of drug-likeness (QED) is 0.265. The van der Waals surface area contributed by atoms with Crippen molar-refractivity contribution in [3.63, 3.8) is 0 Å². The fraction of sp³-hybridized carbons (Fsp3) is 1.00. The molecule has 1 atom stereocenters. The van der Waals surface area contributed by atoms with Gasteiger partial charge in [0.2, 0.25) is 0 Å². The Labute approximate surface area is 78.7 Å². The van der Waals surface area contributed by atoms with E-state index in [4.69, 9.17) is 15.0 Å². The molecular formula is C8H17N3O2. The molecule has 13 heavy (non-hydrogen) atoms. The van der Waals surface area contributed by atoms with Crippen molar-refractivity contribution in [2.75, 3.05) is 19.8 Å². The lowest BCUT2D eigenvalue weighted by Crippen LogP contribution is -2.27. The molecule has 0 aromatic carbocycles. The van der Waals surface area contributed by atoms with Crippen LogP contribution in [-0.4, -0.2) is 26.0 Å². The van der Waals surface area contributed by atoms with E-state index in [1.54, 1.807) is 0 Å². The minimum atomic E-state index is -0.263. The van der Waals surface area contributed by atoms with Crippen LogP contribution in [0.4, 0.5) is 0 Å². The maximum absolute atomic E-state index is 8.13. The van der Waals surface area contributed by atoms with Crippen LogP contribution in [0.15, 0.2) is 5.11 Å². The smallest absolute Gasteiger partial charge is 0.160 e. The van der Waals surface area contributed by atoms with Crippen LogP contribution in [0.2, 0.25) is 0 Å². The maximum Gasteiger partial charge on any atom is 0.160 e. The lowest BCUT2D eigenvalue weighted by molar-refractivity contribution is -0.161. The first kappa shape index (κ1) is 12.2. The summed E-state index contributed by atoms with van der Waals surface area (Å²) in [7, 11) is 0. The second kappa shape index (κ2) is 7.86. The Morgan fingerprint density at radius 1 is 1.31 bits per heavy atom. The first-order valence-corrected chi connectivity index (χ1v) is 4.50. The Morgan fingerprint density at radius 3 is 2.23 bits per heavy atom. The zero-order valence-electron chi connectivity index (χ0n) is 8.43. The van der Waals surface area contributed by atoms with Crippen molar-refractivity contribution < 1.29 is 9.47 Å². The minimum Gasteiger partial charge on any atom is -0.353 e. The standard InChI is InChI=1S/C8H17N3O2/c1-4-12-8(13-5-2)7(3)6-10-11-9/h7-8H,4-6H2,1-3H3. The second-order valence-corrected chi connectivity index (χ2v) is 2.67. The molecule has 0 fully saturated rings. The summed E-state index contributed by atoms with van der Waals surface area (Å²) in [5, 5.41) is 3.48. The number of rotatable bonds is 7. The lowest BCUT2D eigenvalue weighted by atomic mass is 10.2. The Kier molecular flexibility index (Phi) is 7.39. The van der Waals surface area contributed by atoms with Crippen molar-refractivity contribution in [1.82, 2.24) is 0 Å². The number of hydrogen-bond acceptors (Lipinski definition) is 3. The van der Waals surface area contributed by atoms with Gasteiger partial charge >= 0.3 is 0 Å². The molecule has 0 aromatic heterocycles. The van der Waals surface area contributed by atoms with Gasteiger partial charge in [0.1, 0.15) is 0 Å². The van der Waals surface area contributed by atoms with Gasteiger partial charge in [-0.3, -0.25) is 0 Å². The predicted molar refractivity (Wildman–Crippen MR) is 50.2 cm³/mol. The van der Waals surface area contributed by atoms with Gasteiger partial charge in [0.05, 0.1) is 0 Å². The third kappa shape index (κ3) is 5.47. The van der Waals surface area contributed by atoms with Gasteiger partial charge in [-0.1, -0.05) is 12.0 Å². The second-order valence-electron chi connectivity index (χ2n) is 2.67. The molecule has 0 bridgehead atoms. The van der Waals surface area contributed by atoms with Crippen LogP contribution < -0.4 is 0 Å². The van der Waals surface area contributed by atoms with E-state index in [0.717, 1.165) is 0 Å². The molecule has 0 aliphatic rings. The molecule has 0 aliphatic carbocycles. The third-order valence-electron chi connectivity index (χ3n) is 1.56. The first-order valence-electron chi connectivity index (χ1n) is 4.50. The van der Waals surface area contributed by atoms with Crippen LogP contribution in [0.25, 0.3) is 10.4 Å². The summed E-state index contributed by atoms with van der Waals surface area (Å²) in [6.45, 7) is 7.36. The average Bonchev–Trinajstić information content (AvgIpc) is 2.14. The first-order chi connectivity index (χ1) is 6.26. The molecule has 1 unspecified atom stereocenters. The zero-order valence-corrected chi connectivity index (χ0v) is 8.43. The number of azide groups is 1. The highest BCUT2D eigenvalue weighted by atomic mass is 16.7. The number of nitrogens with zero attached hydrogens (tertiary/aromatic N) is 3. The van der Waals surface area contributed by atoms with E-state index in [9.17, 15) is 0 Å². The largest absolute Gasteiger partial charge is 0.353 e. The molecule has 5 heteroatoms. The van der Waals surface area contributed by atoms with Gasteiger partial charge in [0.25, 0.3) is 0 Å². The fourth-order valence-corrected chi connectivity index (χ4v) is 0.957. The van der Waals surface area contributed by atoms with Crippen molar-refractivity contribution in [2.45, 2.75) is 27.1 Å². The van der Waals surface area contributed by atoms with Gasteiger partial charge in [-0.2, -0.15) is 0 Å². The third-order valence-corrected chi connectivity index (χ3v) is 1.56. The predicted octanol–water partition coefficient (Wildman–Crippen LogP) is 2.33. The molecule has 0 aliphatic heterocycles. The van der Waals surface area contributed by atoms with Crippen molar-refractivity contribution >= 4 is 0 Å². The Bertz CT molecular complexity index is 163. The summed E-state index contributed by atoms with van der Waals surface area (Å²) in [6, 6.07) is 0. The molecule has 0 spiro atoms. The lowest BCUT2D eigenvalue weighted by Gasteiger charge is -2.21. The minimum absolute atomic E-state index is 0.0933. The highest BCUT2D eigenvalue weighted by molar-refractivity contribution is 4.61. The molecule has 0 rings (SSSR count). The van der Waals surface area contributed by atoms with E-state index in [0.29, 0.717) is 19.8 Å². The van der Waals surface area contributed by atoms with Gasteiger partial charge in [-0.25, -0.2) is 0 Å². The van der Waals surface area contributed by atoms with E-state index in [1.165, 1.54) is 0 Å². The Hall–Kier alpha value is -0.770. The van der Waals surface area contributed by atoms with Crippen LogP contribution >= 0.6 is 0 Å². The van der Waals surface area contributed by atoms with E-state index in [2.05, 4.69) is 10.0 Å². The van der Waals surface area contributed by atoms with Gasteiger partial charge in [-0.05, 0) is 19.4 Å². The van der Waals surface area contributed by atoms with E-state index in [-0.39, 0.29) is 12.2 Å². The van der Waals surface area contributed by atoms with E-state index >= 15 is 0 Å². The van der Waals surface area contributed by atoms with E-state index in [1.807, 2.05) is 20.8 Å². The van der Waals surface area contributed by atoms with Crippen molar-refractivity contribution in [2.24, 2.45) is 11.0 Å². The summed E-state index contributed by atoms with van der Waals surface area (Å²) < 4.78 is 10.7. The molecule has 0 heterocycles. The van der Waals surface area contributed by atoms with Gasteiger partial charge < -0.3 is 9.47 Å². The summed E-state index contributed by atoms with van der Waals surface area (Å²) in [6.07, 6.45) is -0.263. The topological polar surface area (TPSA) is 67.2 Å². The molecule has 0 radical (unpaired) electrons. The molecule has 0 N–H and O–H groups in total. The molecular weight excluding hydrogens is 170 g/mol. The zero-order chi connectivity index (χ0) is 10.1. The normalized spacial score (nSPS) is 12.6. The number of ether oxygens (including phenoxy) is 2. The summed E-state index contributed by atoms with van der Waals surface area (Å²) >= 11 is 0. The average molecular weight is 187 g/mol. The molecule has 0 amide bonds.